The summed E-state index contributed by atoms with van der Waals surface area (Å²) < 4.78 is 0. The van der Waals surface area contributed by atoms with Gasteiger partial charge in [-0.1, -0.05) is 31.5 Å². The van der Waals surface area contributed by atoms with Gasteiger partial charge in [-0.25, -0.2) is 0 Å². The normalized spacial score (nSPS) is 21.4. The Morgan fingerprint density at radius 2 is 1.91 bits per heavy atom. The fourth-order valence-corrected chi connectivity index (χ4v) is 3.59. The molecule has 122 valence electrons. The molecule has 0 aromatic heterocycles. The highest BCUT2D eigenvalue weighted by Gasteiger charge is 2.34. The first-order valence-corrected chi connectivity index (χ1v) is 8.61. The Hall–Kier alpha value is -1.35. The number of aryl methyl sites for hydroxylation is 3. The second-order valence-corrected chi connectivity index (χ2v) is 7.30. The van der Waals surface area contributed by atoms with Crippen LogP contribution in [-0.2, 0) is 4.79 Å². The average Bonchev–Trinajstić information content (AvgIpc) is 2.88. The number of nitrogens with one attached hydrogen (secondary N) is 2. The molecule has 3 heteroatoms. The van der Waals surface area contributed by atoms with E-state index in [1.807, 2.05) is 0 Å². The molecule has 1 fully saturated rings. The summed E-state index contributed by atoms with van der Waals surface area (Å²) in [5, 5.41) is 3.21. The lowest BCUT2D eigenvalue weighted by atomic mass is 10.0. The van der Waals surface area contributed by atoms with Crippen molar-refractivity contribution in [2.45, 2.75) is 59.9 Å². The first-order valence-electron chi connectivity index (χ1n) is 8.61. The van der Waals surface area contributed by atoms with Crippen molar-refractivity contribution in [3.05, 3.63) is 28.8 Å². The van der Waals surface area contributed by atoms with E-state index in [1.165, 1.54) is 16.9 Å². The molecule has 1 aromatic carbocycles. The summed E-state index contributed by atoms with van der Waals surface area (Å²) in [6.45, 7) is 13.0. The van der Waals surface area contributed by atoms with Crippen molar-refractivity contribution in [3.63, 3.8) is 0 Å². The van der Waals surface area contributed by atoms with Crippen LogP contribution in [0.1, 0.15) is 49.8 Å². The summed E-state index contributed by atoms with van der Waals surface area (Å²) >= 11 is 0. The fourth-order valence-electron chi connectivity index (χ4n) is 3.59. The second kappa shape index (κ2) is 7.28. The predicted octanol–water partition coefficient (Wildman–Crippen LogP) is 2.64. The third kappa shape index (κ3) is 4.10. The SMILES string of the molecule is Cc1cc(C)c(NC(=O)[C@H]2CCC[NH+]2CCC(C)C)c(C)c1. The van der Waals surface area contributed by atoms with Gasteiger partial charge in [0.1, 0.15) is 0 Å². The Morgan fingerprint density at radius 3 is 2.50 bits per heavy atom. The average molecular weight is 303 g/mol. The lowest BCUT2D eigenvalue weighted by molar-refractivity contribution is -0.903. The molecule has 1 unspecified atom stereocenters. The van der Waals surface area contributed by atoms with Gasteiger partial charge in [0.05, 0.1) is 13.1 Å². The minimum absolute atomic E-state index is 0.124. The molecule has 0 saturated carbocycles. The van der Waals surface area contributed by atoms with E-state index in [9.17, 15) is 4.79 Å². The maximum atomic E-state index is 12.7. The molecule has 0 aliphatic carbocycles. The number of hydrogen-bond donors (Lipinski definition) is 2. The van der Waals surface area contributed by atoms with E-state index in [2.05, 4.69) is 52.1 Å². The van der Waals surface area contributed by atoms with Crippen LogP contribution in [0.2, 0.25) is 0 Å². The van der Waals surface area contributed by atoms with Gasteiger partial charge in [0.2, 0.25) is 0 Å². The van der Waals surface area contributed by atoms with Gasteiger partial charge in [-0.2, -0.15) is 0 Å². The van der Waals surface area contributed by atoms with Gasteiger partial charge < -0.3 is 10.2 Å². The number of carbonyl (C=O) groups excluding carboxylic acids is 1. The summed E-state index contributed by atoms with van der Waals surface area (Å²) in [5.74, 6) is 0.907. The van der Waals surface area contributed by atoms with Crippen LogP contribution < -0.4 is 10.2 Å². The summed E-state index contributed by atoms with van der Waals surface area (Å²) in [6, 6.07) is 4.40. The minimum Gasteiger partial charge on any atom is -0.325 e. The molecular formula is C19H31N2O+. The van der Waals surface area contributed by atoms with Crippen molar-refractivity contribution in [2.75, 3.05) is 18.4 Å². The summed E-state index contributed by atoms with van der Waals surface area (Å²) in [5.41, 5.74) is 4.57. The van der Waals surface area contributed by atoms with E-state index in [4.69, 9.17) is 0 Å². The predicted molar refractivity (Wildman–Crippen MR) is 92.5 cm³/mol. The van der Waals surface area contributed by atoms with Crippen LogP contribution >= 0.6 is 0 Å². The van der Waals surface area contributed by atoms with Gasteiger partial charge in [0.15, 0.2) is 6.04 Å². The summed E-state index contributed by atoms with van der Waals surface area (Å²) in [6.07, 6.45) is 3.38. The molecule has 0 radical (unpaired) electrons. The van der Waals surface area contributed by atoms with Crippen LogP contribution in [-0.4, -0.2) is 25.0 Å². The van der Waals surface area contributed by atoms with Gasteiger partial charge in [-0.15, -0.1) is 0 Å². The number of quaternary nitrogens is 1. The molecule has 1 aliphatic rings. The number of anilines is 1. The molecule has 2 N–H and O–H groups in total. The van der Waals surface area contributed by atoms with Crippen LogP contribution in [0.4, 0.5) is 5.69 Å². The van der Waals surface area contributed by atoms with Crippen molar-refractivity contribution < 1.29 is 9.69 Å². The minimum atomic E-state index is 0.124. The molecule has 0 bridgehead atoms. The van der Waals surface area contributed by atoms with E-state index in [-0.39, 0.29) is 11.9 Å². The zero-order valence-corrected chi connectivity index (χ0v) is 14.8. The standard InChI is InChI=1S/C19H30N2O/c1-13(2)8-10-21-9-6-7-17(21)19(22)20-18-15(4)11-14(3)12-16(18)5/h11-13,17H,6-10H2,1-5H3,(H,20,22)/p+1/t17-/m1/s1. The highest BCUT2D eigenvalue weighted by atomic mass is 16.2. The van der Waals surface area contributed by atoms with Crippen molar-refractivity contribution in [1.82, 2.24) is 0 Å². The second-order valence-electron chi connectivity index (χ2n) is 7.30. The van der Waals surface area contributed by atoms with E-state index in [1.54, 1.807) is 0 Å². The lowest BCUT2D eigenvalue weighted by Crippen LogP contribution is -3.15. The molecule has 2 atom stereocenters. The zero-order valence-electron chi connectivity index (χ0n) is 14.8. The molecule has 1 saturated heterocycles. The van der Waals surface area contributed by atoms with E-state index < -0.39 is 0 Å². The van der Waals surface area contributed by atoms with Crippen LogP contribution in [0.25, 0.3) is 0 Å². The zero-order chi connectivity index (χ0) is 16.3. The Kier molecular flexibility index (Phi) is 5.63. The molecule has 2 rings (SSSR count). The quantitative estimate of drug-likeness (QED) is 0.861. The van der Waals surface area contributed by atoms with Crippen molar-refractivity contribution in [2.24, 2.45) is 5.92 Å². The third-order valence-corrected chi connectivity index (χ3v) is 4.77. The summed E-state index contributed by atoms with van der Waals surface area (Å²) in [4.78, 5) is 14.2. The molecule has 1 heterocycles. The Bertz CT molecular complexity index is 513. The van der Waals surface area contributed by atoms with Gasteiger partial charge >= 0.3 is 0 Å². The van der Waals surface area contributed by atoms with Gasteiger partial charge in [0.25, 0.3) is 5.91 Å². The fraction of sp³-hybridized carbons (Fsp3) is 0.632. The van der Waals surface area contributed by atoms with Crippen molar-refractivity contribution >= 4 is 11.6 Å². The van der Waals surface area contributed by atoms with Crippen molar-refractivity contribution in [3.8, 4) is 0 Å². The third-order valence-electron chi connectivity index (χ3n) is 4.77. The molecule has 3 nitrogen and oxygen atoms in total. The van der Waals surface area contributed by atoms with Crippen LogP contribution in [0.15, 0.2) is 12.1 Å². The number of benzene rings is 1. The summed E-state index contributed by atoms with van der Waals surface area (Å²) in [7, 11) is 0. The van der Waals surface area contributed by atoms with Crippen LogP contribution in [0.5, 0.6) is 0 Å². The number of rotatable bonds is 5. The number of amides is 1. The number of carbonyl (C=O) groups is 1. The maximum Gasteiger partial charge on any atom is 0.282 e. The van der Waals surface area contributed by atoms with E-state index >= 15 is 0 Å². The molecule has 1 aromatic rings. The number of likely N-dealkylation sites (tertiary alicyclic amines) is 1. The van der Waals surface area contributed by atoms with Gasteiger partial charge in [-0.05, 0) is 44.2 Å². The highest BCUT2D eigenvalue weighted by molar-refractivity contribution is 5.95. The van der Waals surface area contributed by atoms with Crippen LogP contribution in [0, 0.1) is 26.7 Å². The van der Waals surface area contributed by atoms with Crippen molar-refractivity contribution in [1.29, 1.82) is 0 Å². The molecule has 22 heavy (non-hydrogen) atoms. The monoisotopic (exact) mass is 303 g/mol. The first-order chi connectivity index (χ1) is 10.4. The topological polar surface area (TPSA) is 33.5 Å². The Morgan fingerprint density at radius 1 is 1.27 bits per heavy atom. The van der Waals surface area contributed by atoms with Crippen LogP contribution in [0.3, 0.4) is 0 Å². The first kappa shape index (κ1) is 17.0. The van der Waals surface area contributed by atoms with E-state index in [0.29, 0.717) is 5.92 Å². The Labute approximate surface area is 135 Å². The molecule has 1 aliphatic heterocycles. The largest absolute Gasteiger partial charge is 0.325 e. The maximum absolute atomic E-state index is 12.7. The Balaban J connectivity index is 2.05. The van der Waals surface area contributed by atoms with E-state index in [0.717, 1.165) is 42.7 Å². The highest BCUT2D eigenvalue weighted by Crippen LogP contribution is 2.22. The molecule has 1 amide bonds. The van der Waals surface area contributed by atoms with Gasteiger partial charge in [0, 0.05) is 18.5 Å². The smallest absolute Gasteiger partial charge is 0.282 e. The molecular weight excluding hydrogens is 272 g/mol. The molecule has 0 spiro atoms. The van der Waals surface area contributed by atoms with Gasteiger partial charge in [-0.3, -0.25) is 4.79 Å². The number of hydrogen-bond acceptors (Lipinski definition) is 1. The lowest BCUT2D eigenvalue weighted by Gasteiger charge is -2.22.